The monoisotopic (exact) mass is 381 g/mol. The number of nitrogens with one attached hydrogen (secondary N) is 1. The van der Waals surface area contributed by atoms with Gasteiger partial charge in [-0.25, -0.2) is 0 Å². The van der Waals surface area contributed by atoms with Gasteiger partial charge in [0.1, 0.15) is 5.69 Å². The average molecular weight is 382 g/mol. The van der Waals surface area contributed by atoms with E-state index in [-0.39, 0.29) is 17.3 Å². The number of hydrogen-bond donors (Lipinski definition) is 1. The molecule has 0 radical (unpaired) electrons. The van der Waals surface area contributed by atoms with E-state index in [9.17, 15) is 14.9 Å². The Morgan fingerprint density at radius 2 is 1.92 bits per heavy atom. The molecule has 0 saturated heterocycles. The fourth-order valence-electron chi connectivity index (χ4n) is 2.25. The Labute approximate surface area is 155 Å². The summed E-state index contributed by atoms with van der Waals surface area (Å²) in [6.07, 6.45) is 0. The lowest BCUT2D eigenvalue weighted by Gasteiger charge is -2.24. The van der Waals surface area contributed by atoms with Crippen molar-refractivity contribution < 1.29 is 9.72 Å². The molecule has 132 valence electrons. The maximum absolute atomic E-state index is 12.4. The van der Waals surface area contributed by atoms with Crippen LogP contribution in [-0.4, -0.2) is 28.8 Å². The number of nitrogens with zero attached hydrogens (tertiary/aromatic N) is 2. The molecule has 0 aliphatic carbocycles. The highest BCUT2D eigenvalue weighted by molar-refractivity contribution is 6.42. The van der Waals surface area contributed by atoms with E-state index in [2.05, 4.69) is 5.32 Å². The summed E-state index contributed by atoms with van der Waals surface area (Å²) >= 11 is 12.2. The Morgan fingerprint density at radius 1 is 1.24 bits per heavy atom. The molecular weight excluding hydrogens is 365 g/mol. The maximum Gasteiger partial charge on any atom is 0.292 e. The van der Waals surface area contributed by atoms with E-state index in [4.69, 9.17) is 23.2 Å². The molecule has 0 unspecified atom stereocenters. The van der Waals surface area contributed by atoms with Crippen LogP contribution in [0.25, 0.3) is 0 Å². The average Bonchev–Trinajstić information content (AvgIpc) is 2.58. The lowest BCUT2D eigenvalue weighted by Crippen LogP contribution is -2.39. The topological polar surface area (TPSA) is 75.5 Å². The third kappa shape index (κ3) is 4.69. The van der Waals surface area contributed by atoms with E-state index in [0.29, 0.717) is 16.6 Å². The molecule has 0 spiro atoms. The largest absolute Gasteiger partial charge is 0.319 e. The normalized spacial score (nSPS) is 12.0. The van der Waals surface area contributed by atoms with Crippen molar-refractivity contribution in [3.05, 3.63) is 68.2 Å². The number of carbonyl (C=O) groups excluding carboxylic acids is 1. The summed E-state index contributed by atoms with van der Waals surface area (Å²) in [6.45, 7) is 2.12. The van der Waals surface area contributed by atoms with Gasteiger partial charge in [-0.3, -0.25) is 19.8 Å². The zero-order chi connectivity index (χ0) is 18.6. The van der Waals surface area contributed by atoms with Gasteiger partial charge in [0.2, 0.25) is 5.91 Å². The number of nitro groups is 1. The Hall–Kier alpha value is -2.15. The molecule has 0 aliphatic heterocycles. The van der Waals surface area contributed by atoms with Gasteiger partial charge in [-0.15, -0.1) is 0 Å². The molecule has 0 aromatic heterocycles. The van der Waals surface area contributed by atoms with Crippen molar-refractivity contribution >= 4 is 40.5 Å². The summed E-state index contributed by atoms with van der Waals surface area (Å²) in [5.41, 5.74) is 0.809. The summed E-state index contributed by atoms with van der Waals surface area (Å²) in [7, 11) is 1.76. The van der Waals surface area contributed by atoms with Gasteiger partial charge in [0.15, 0.2) is 0 Å². The summed E-state index contributed by atoms with van der Waals surface area (Å²) < 4.78 is 0. The Morgan fingerprint density at radius 3 is 2.60 bits per heavy atom. The van der Waals surface area contributed by atoms with Gasteiger partial charge < -0.3 is 5.32 Å². The van der Waals surface area contributed by atoms with Gasteiger partial charge in [0.25, 0.3) is 5.69 Å². The molecule has 2 aromatic rings. The first kappa shape index (κ1) is 19.2. The third-order valence-corrected chi connectivity index (χ3v) is 4.71. The van der Waals surface area contributed by atoms with Crippen LogP contribution < -0.4 is 5.32 Å². The smallest absolute Gasteiger partial charge is 0.292 e. The number of benzene rings is 2. The summed E-state index contributed by atoms with van der Waals surface area (Å²) in [4.78, 5) is 24.7. The fourth-order valence-corrected chi connectivity index (χ4v) is 2.63. The number of para-hydroxylation sites is 2. The second kappa shape index (κ2) is 8.29. The zero-order valence-corrected chi connectivity index (χ0v) is 15.2. The van der Waals surface area contributed by atoms with Gasteiger partial charge in [0.05, 0.1) is 21.0 Å². The first-order valence-corrected chi connectivity index (χ1v) is 8.24. The van der Waals surface area contributed by atoms with Crippen LogP contribution in [0.2, 0.25) is 10.0 Å². The molecule has 0 aliphatic rings. The van der Waals surface area contributed by atoms with Gasteiger partial charge >= 0.3 is 0 Å². The number of halogens is 2. The Kier molecular flexibility index (Phi) is 6.36. The minimum atomic E-state index is -0.533. The van der Waals surface area contributed by atoms with Crippen LogP contribution in [0.5, 0.6) is 0 Å². The number of nitro benzene ring substituents is 1. The van der Waals surface area contributed by atoms with Crippen molar-refractivity contribution in [2.24, 2.45) is 0 Å². The Bertz CT molecular complexity index is 798. The van der Waals surface area contributed by atoms with Crippen LogP contribution in [-0.2, 0) is 11.3 Å². The molecule has 2 aromatic carbocycles. The molecular formula is C17H17Cl2N3O3. The minimum absolute atomic E-state index is 0.149. The van der Waals surface area contributed by atoms with Crippen molar-refractivity contribution in [1.82, 2.24) is 4.90 Å². The van der Waals surface area contributed by atoms with Crippen LogP contribution in [0, 0.1) is 10.1 Å². The van der Waals surface area contributed by atoms with E-state index >= 15 is 0 Å². The number of carbonyl (C=O) groups is 1. The van der Waals surface area contributed by atoms with Crippen LogP contribution in [0.3, 0.4) is 0 Å². The maximum atomic E-state index is 12.4. The van der Waals surface area contributed by atoms with Gasteiger partial charge in [-0.1, -0.05) is 47.5 Å². The summed E-state index contributed by atoms with van der Waals surface area (Å²) in [6, 6.07) is 10.8. The van der Waals surface area contributed by atoms with E-state index in [1.807, 2.05) is 6.07 Å². The van der Waals surface area contributed by atoms with E-state index in [0.717, 1.165) is 5.56 Å². The lowest BCUT2D eigenvalue weighted by molar-refractivity contribution is -0.383. The number of likely N-dealkylation sites (N-methyl/N-ethyl adjacent to an activating group) is 1. The molecule has 0 saturated carbocycles. The van der Waals surface area contributed by atoms with Crippen LogP contribution in [0.15, 0.2) is 42.5 Å². The second-order valence-electron chi connectivity index (χ2n) is 5.57. The number of anilines is 1. The minimum Gasteiger partial charge on any atom is -0.319 e. The van der Waals surface area contributed by atoms with Crippen LogP contribution in [0.4, 0.5) is 11.4 Å². The van der Waals surface area contributed by atoms with Crippen molar-refractivity contribution in [2.75, 3.05) is 12.4 Å². The molecule has 2 rings (SSSR count). The number of amides is 1. The molecule has 1 amide bonds. The molecule has 25 heavy (non-hydrogen) atoms. The van der Waals surface area contributed by atoms with Crippen molar-refractivity contribution in [3.8, 4) is 0 Å². The summed E-state index contributed by atoms with van der Waals surface area (Å²) in [5, 5.41) is 14.5. The SMILES string of the molecule is C[C@H](C(=O)Nc1ccccc1[N+](=O)[O-])N(C)Cc1cccc(Cl)c1Cl. The van der Waals surface area contributed by atoms with Crippen molar-refractivity contribution in [3.63, 3.8) is 0 Å². The second-order valence-corrected chi connectivity index (χ2v) is 6.35. The van der Waals surface area contributed by atoms with Crippen LogP contribution >= 0.6 is 23.2 Å². The molecule has 1 N–H and O–H groups in total. The predicted octanol–water partition coefficient (Wildman–Crippen LogP) is 4.36. The highest BCUT2D eigenvalue weighted by Gasteiger charge is 2.22. The predicted molar refractivity (Wildman–Crippen MR) is 99.1 cm³/mol. The third-order valence-electron chi connectivity index (χ3n) is 3.85. The van der Waals surface area contributed by atoms with E-state index in [1.54, 1.807) is 43.1 Å². The molecule has 0 bridgehead atoms. The van der Waals surface area contributed by atoms with Gasteiger partial charge in [-0.05, 0) is 31.7 Å². The highest BCUT2D eigenvalue weighted by Crippen LogP contribution is 2.27. The first-order chi connectivity index (χ1) is 11.8. The van der Waals surface area contributed by atoms with E-state index in [1.165, 1.54) is 12.1 Å². The highest BCUT2D eigenvalue weighted by atomic mass is 35.5. The van der Waals surface area contributed by atoms with Crippen LogP contribution in [0.1, 0.15) is 12.5 Å². The fraction of sp³-hybridized carbons (Fsp3) is 0.235. The zero-order valence-electron chi connectivity index (χ0n) is 13.7. The molecule has 1 atom stereocenters. The Balaban J connectivity index is 2.09. The number of rotatable bonds is 6. The van der Waals surface area contributed by atoms with E-state index < -0.39 is 11.0 Å². The van der Waals surface area contributed by atoms with Crippen molar-refractivity contribution in [2.45, 2.75) is 19.5 Å². The summed E-state index contributed by atoms with van der Waals surface area (Å²) in [5.74, 6) is -0.352. The molecule has 6 nitrogen and oxygen atoms in total. The van der Waals surface area contributed by atoms with Crippen molar-refractivity contribution in [1.29, 1.82) is 0 Å². The molecule has 0 heterocycles. The molecule has 0 fully saturated rings. The van der Waals surface area contributed by atoms with Gasteiger partial charge in [-0.2, -0.15) is 0 Å². The molecule has 8 heteroatoms. The number of hydrogen-bond acceptors (Lipinski definition) is 4. The first-order valence-electron chi connectivity index (χ1n) is 7.48. The van der Waals surface area contributed by atoms with Gasteiger partial charge in [0, 0.05) is 12.6 Å². The quantitative estimate of drug-likeness (QED) is 0.595. The lowest BCUT2D eigenvalue weighted by atomic mass is 10.1. The standard InChI is InChI=1S/C17H17Cl2N3O3/c1-11(21(2)10-12-6-5-7-13(18)16(12)19)17(23)20-14-8-3-4-9-15(14)22(24)25/h3-9,11H,10H2,1-2H3,(H,20,23)/t11-/m1/s1.